The highest BCUT2D eigenvalue weighted by molar-refractivity contribution is 7.80. The van der Waals surface area contributed by atoms with Crippen LogP contribution < -0.4 is 5.43 Å². The van der Waals surface area contributed by atoms with Crippen molar-refractivity contribution >= 4 is 23.3 Å². The maximum atomic E-state index is 11.1. The summed E-state index contributed by atoms with van der Waals surface area (Å²) in [4.78, 5) is 11.1. The molecule has 0 saturated carbocycles. The van der Waals surface area contributed by atoms with E-state index >= 15 is 0 Å². The Balaban J connectivity index is 2.71. The van der Waals surface area contributed by atoms with E-state index < -0.39 is 0 Å². The Morgan fingerprint density at radius 3 is 2.82 bits per heavy atom. The average Bonchev–Trinajstić information content (AvgIpc) is 2.17. The molecule has 0 spiro atoms. The second-order valence-corrected chi connectivity index (χ2v) is 2.29. The third-order valence-electron chi connectivity index (χ3n) is 1.15. The van der Waals surface area contributed by atoms with E-state index in [4.69, 9.17) is 17.0 Å². The first-order chi connectivity index (χ1) is 5.16. The molecular weight excluding hydrogens is 164 g/mol. The minimum atomic E-state index is -0.322. The second-order valence-electron chi connectivity index (χ2n) is 1.94. The standard InChI is InChI=1S/C6H8N2O2S/c1-3-7-8-5(9)4(2)10-6(8)11/h7H,2-3H2,1H3. The van der Waals surface area contributed by atoms with Crippen molar-refractivity contribution in [1.82, 2.24) is 10.4 Å². The van der Waals surface area contributed by atoms with E-state index in [-0.39, 0.29) is 16.8 Å². The van der Waals surface area contributed by atoms with Crippen LogP contribution in [0.15, 0.2) is 12.3 Å². The molecule has 0 radical (unpaired) electrons. The summed E-state index contributed by atoms with van der Waals surface area (Å²) in [6, 6.07) is 0. The van der Waals surface area contributed by atoms with Gasteiger partial charge in [0.2, 0.25) is 0 Å². The van der Waals surface area contributed by atoms with Gasteiger partial charge in [-0.25, -0.2) is 5.43 Å². The van der Waals surface area contributed by atoms with Crippen LogP contribution in [0.5, 0.6) is 0 Å². The number of carbonyl (C=O) groups is 1. The summed E-state index contributed by atoms with van der Waals surface area (Å²) in [7, 11) is 0. The van der Waals surface area contributed by atoms with Gasteiger partial charge in [-0.3, -0.25) is 4.79 Å². The van der Waals surface area contributed by atoms with Gasteiger partial charge in [0.05, 0.1) is 0 Å². The normalized spacial score (nSPS) is 17.5. The largest absolute Gasteiger partial charge is 0.425 e. The average molecular weight is 172 g/mol. The Bertz CT molecular complexity index is 227. The topological polar surface area (TPSA) is 41.6 Å². The lowest BCUT2D eigenvalue weighted by Gasteiger charge is -2.10. The van der Waals surface area contributed by atoms with Gasteiger partial charge in [-0.05, 0) is 12.2 Å². The van der Waals surface area contributed by atoms with Crippen LogP contribution in [-0.2, 0) is 9.53 Å². The molecule has 1 N–H and O–H groups in total. The summed E-state index contributed by atoms with van der Waals surface area (Å²) in [5.41, 5.74) is 2.73. The molecule has 0 atom stereocenters. The van der Waals surface area contributed by atoms with Crippen LogP contribution in [0.2, 0.25) is 0 Å². The van der Waals surface area contributed by atoms with E-state index in [1.807, 2.05) is 6.92 Å². The molecule has 4 nitrogen and oxygen atoms in total. The number of hydrazine groups is 1. The zero-order valence-corrected chi connectivity index (χ0v) is 6.90. The highest BCUT2D eigenvalue weighted by atomic mass is 32.1. The summed E-state index contributed by atoms with van der Waals surface area (Å²) < 4.78 is 4.79. The fourth-order valence-corrected chi connectivity index (χ4v) is 0.945. The summed E-state index contributed by atoms with van der Waals surface area (Å²) in [5.74, 6) is -0.257. The van der Waals surface area contributed by atoms with E-state index in [2.05, 4.69) is 12.0 Å². The van der Waals surface area contributed by atoms with Crippen LogP contribution in [-0.4, -0.2) is 22.6 Å². The predicted molar refractivity (Wildman–Crippen MR) is 43.3 cm³/mol. The number of carbonyl (C=O) groups excluding carboxylic acids is 1. The lowest BCUT2D eigenvalue weighted by molar-refractivity contribution is -0.124. The molecule has 1 amide bonds. The van der Waals surface area contributed by atoms with E-state index in [0.717, 1.165) is 5.01 Å². The Morgan fingerprint density at radius 1 is 1.82 bits per heavy atom. The maximum Gasteiger partial charge on any atom is 0.311 e. The smallest absolute Gasteiger partial charge is 0.311 e. The van der Waals surface area contributed by atoms with Gasteiger partial charge in [-0.1, -0.05) is 13.5 Å². The minimum absolute atomic E-state index is 0.0657. The zero-order chi connectivity index (χ0) is 8.43. The van der Waals surface area contributed by atoms with Crippen molar-refractivity contribution in [3.63, 3.8) is 0 Å². The first-order valence-corrected chi connectivity index (χ1v) is 3.56. The van der Waals surface area contributed by atoms with E-state index in [9.17, 15) is 4.79 Å². The van der Waals surface area contributed by atoms with Gasteiger partial charge in [0, 0.05) is 6.54 Å². The highest BCUT2D eigenvalue weighted by Crippen LogP contribution is 2.11. The molecule has 1 aliphatic heterocycles. The first kappa shape index (κ1) is 8.16. The van der Waals surface area contributed by atoms with Crippen molar-refractivity contribution in [3.05, 3.63) is 12.3 Å². The lowest BCUT2D eigenvalue weighted by atomic mass is 10.5. The summed E-state index contributed by atoms with van der Waals surface area (Å²) in [6.45, 7) is 5.85. The molecule has 0 aliphatic carbocycles. The molecule has 0 aromatic carbocycles. The van der Waals surface area contributed by atoms with Crippen molar-refractivity contribution < 1.29 is 9.53 Å². The molecule has 60 valence electrons. The Kier molecular flexibility index (Phi) is 2.21. The Labute approximate surface area is 69.8 Å². The van der Waals surface area contributed by atoms with Gasteiger partial charge in [-0.2, -0.15) is 5.01 Å². The van der Waals surface area contributed by atoms with Crippen molar-refractivity contribution in [2.75, 3.05) is 6.54 Å². The number of thiocarbonyl (C=S) groups is 1. The third-order valence-corrected chi connectivity index (χ3v) is 1.42. The minimum Gasteiger partial charge on any atom is -0.425 e. The van der Waals surface area contributed by atoms with Gasteiger partial charge < -0.3 is 4.74 Å². The molecule has 1 heterocycles. The third kappa shape index (κ3) is 1.38. The van der Waals surface area contributed by atoms with E-state index in [1.54, 1.807) is 0 Å². The van der Waals surface area contributed by atoms with Crippen molar-refractivity contribution in [2.45, 2.75) is 6.92 Å². The zero-order valence-electron chi connectivity index (χ0n) is 6.09. The van der Waals surface area contributed by atoms with Crippen LogP contribution in [0.4, 0.5) is 0 Å². The fraction of sp³-hybridized carbons (Fsp3) is 0.333. The molecular formula is C6H8N2O2S. The van der Waals surface area contributed by atoms with Crippen LogP contribution in [0.25, 0.3) is 0 Å². The van der Waals surface area contributed by atoms with Gasteiger partial charge in [0.15, 0.2) is 5.76 Å². The molecule has 0 unspecified atom stereocenters. The second kappa shape index (κ2) is 2.98. The number of amides is 1. The number of nitrogens with zero attached hydrogens (tertiary/aromatic N) is 1. The van der Waals surface area contributed by atoms with Crippen LogP contribution in [0.1, 0.15) is 6.92 Å². The Morgan fingerprint density at radius 2 is 2.45 bits per heavy atom. The molecule has 0 aromatic rings. The lowest BCUT2D eigenvalue weighted by Crippen LogP contribution is -2.41. The number of ether oxygens (including phenoxy) is 1. The molecule has 1 rings (SSSR count). The van der Waals surface area contributed by atoms with Crippen molar-refractivity contribution in [1.29, 1.82) is 0 Å². The van der Waals surface area contributed by atoms with Crippen molar-refractivity contribution in [2.24, 2.45) is 0 Å². The SMILES string of the molecule is C=C1OC(=S)N(NCC)C1=O. The molecule has 0 aromatic heterocycles. The molecule has 1 aliphatic rings. The molecule has 1 saturated heterocycles. The fourth-order valence-electron chi connectivity index (χ4n) is 0.697. The molecule has 0 bridgehead atoms. The monoisotopic (exact) mass is 172 g/mol. The number of hydrogen-bond acceptors (Lipinski definition) is 4. The summed E-state index contributed by atoms with van der Waals surface area (Å²) in [6.07, 6.45) is 0. The van der Waals surface area contributed by atoms with Gasteiger partial charge >= 0.3 is 5.91 Å². The van der Waals surface area contributed by atoms with E-state index in [1.165, 1.54) is 0 Å². The van der Waals surface area contributed by atoms with Gasteiger partial charge in [-0.15, -0.1) is 0 Å². The summed E-state index contributed by atoms with van der Waals surface area (Å²) >= 11 is 4.72. The van der Waals surface area contributed by atoms with Crippen LogP contribution >= 0.6 is 12.2 Å². The molecule has 1 fully saturated rings. The van der Waals surface area contributed by atoms with E-state index in [0.29, 0.717) is 6.54 Å². The number of hydrogen-bond donors (Lipinski definition) is 1. The Hall–Kier alpha value is -0.940. The highest BCUT2D eigenvalue weighted by Gasteiger charge is 2.31. The summed E-state index contributed by atoms with van der Waals surface area (Å²) in [5, 5.41) is 1.28. The predicted octanol–water partition coefficient (Wildman–Crippen LogP) is 0.168. The molecule has 11 heavy (non-hydrogen) atoms. The maximum absolute atomic E-state index is 11.1. The molecule has 5 heteroatoms. The first-order valence-electron chi connectivity index (χ1n) is 3.15. The van der Waals surface area contributed by atoms with Crippen LogP contribution in [0, 0.1) is 0 Å². The van der Waals surface area contributed by atoms with Crippen molar-refractivity contribution in [3.8, 4) is 0 Å². The number of rotatable bonds is 2. The quantitative estimate of drug-likeness (QED) is 0.476. The van der Waals surface area contributed by atoms with Crippen LogP contribution in [0.3, 0.4) is 0 Å². The van der Waals surface area contributed by atoms with Gasteiger partial charge in [0.1, 0.15) is 0 Å². The van der Waals surface area contributed by atoms with Gasteiger partial charge in [0.25, 0.3) is 5.17 Å². The number of nitrogens with one attached hydrogen (secondary N) is 1.